The Bertz CT molecular complexity index is 456. The first-order valence-corrected chi connectivity index (χ1v) is 8.04. The highest BCUT2D eigenvalue weighted by molar-refractivity contribution is 5.83. The molecule has 0 spiro atoms. The topological polar surface area (TPSA) is 55.8 Å². The van der Waals surface area contributed by atoms with Crippen LogP contribution in [0.5, 0.6) is 0 Å². The number of hydrogen-bond donors (Lipinski definition) is 2. The fraction of sp³-hybridized carbons (Fsp3) is 0.588. The van der Waals surface area contributed by atoms with Crippen molar-refractivity contribution in [2.45, 2.75) is 25.9 Å². The van der Waals surface area contributed by atoms with E-state index in [1.165, 1.54) is 0 Å². The SMILES string of the molecule is CC(C)NC(=O)C(c1ccccc1)N1CCN(CCO)CC1. The summed E-state index contributed by atoms with van der Waals surface area (Å²) >= 11 is 0. The number of aliphatic hydroxyl groups excluding tert-OH is 1. The summed E-state index contributed by atoms with van der Waals surface area (Å²) < 4.78 is 0. The quantitative estimate of drug-likeness (QED) is 0.818. The fourth-order valence-electron chi connectivity index (χ4n) is 2.91. The lowest BCUT2D eigenvalue weighted by atomic mass is 10.0. The number of amides is 1. The Morgan fingerprint density at radius 2 is 1.82 bits per heavy atom. The predicted octanol–water partition coefficient (Wildman–Crippen LogP) is 0.862. The number of rotatable bonds is 6. The summed E-state index contributed by atoms with van der Waals surface area (Å²) in [6.45, 7) is 8.32. The Morgan fingerprint density at radius 1 is 1.18 bits per heavy atom. The molecule has 1 fully saturated rings. The molecular formula is C17H27N3O2. The molecule has 0 aliphatic carbocycles. The van der Waals surface area contributed by atoms with Crippen LogP contribution in [0.25, 0.3) is 0 Å². The van der Waals surface area contributed by atoms with Crippen LogP contribution >= 0.6 is 0 Å². The zero-order valence-electron chi connectivity index (χ0n) is 13.5. The largest absolute Gasteiger partial charge is 0.395 e. The van der Waals surface area contributed by atoms with Crippen LogP contribution in [0.2, 0.25) is 0 Å². The molecule has 1 amide bonds. The van der Waals surface area contributed by atoms with Gasteiger partial charge in [-0.2, -0.15) is 0 Å². The van der Waals surface area contributed by atoms with Crippen molar-refractivity contribution in [1.82, 2.24) is 15.1 Å². The van der Waals surface area contributed by atoms with Crippen LogP contribution in [0.3, 0.4) is 0 Å². The second kappa shape index (κ2) is 8.27. The predicted molar refractivity (Wildman–Crippen MR) is 87.6 cm³/mol. The molecule has 5 nitrogen and oxygen atoms in total. The first-order valence-electron chi connectivity index (χ1n) is 8.04. The molecule has 1 aliphatic heterocycles. The smallest absolute Gasteiger partial charge is 0.242 e. The summed E-state index contributed by atoms with van der Waals surface area (Å²) in [5.41, 5.74) is 1.04. The molecule has 1 heterocycles. The maximum absolute atomic E-state index is 12.7. The van der Waals surface area contributed by atoms with Gasteiger partial charge in [0.2, 0.25) is 5.91 Å². The van der Waals surface area contributed by atoms with E-state index >= 15 is 0 Å². The summed E-state index contributed by atoms with van der Waals surface area (Å²) in [6.07, 6.45) is 0. The minimum Gasteiger partial charge on any atom is -0.395 e. The van der Waals surface area contributed by atoms with Gasteiger partial charge in [-0.3, -0.25) is 14.6 Å². The summed E-state index contributed by atoms with van der Waals surface area (Å²) in [7, 11) is 0. The second-order valence-electron chi connectivity index (χ2n) is 6.08. The molecule has 0 saturated carbocycles. The molecule has 1 aromatic rings. The van der Waals surface area contributed by atoms with E-state index in [4.69, 9.17) is 5.11 Å². The number of carbonyl (C=O) groups excluding carboxylic acids is 1. The Balaban J connectivity index is 2.10. The lowest BCUT2D eigenvalue weighted by molar-refractivity contribution is -0.128. The van der Waals surface area contributed by atoms with Crippen molar-refractivity contribution in [1.29, 1.82) is 0 Å². The van der Waals surface area contributed by atoms with Gasteiger partial charge in [-0.25, -0.2) is 0 Å². The minimum atomic E-state index is -0.236. The molecule has 122 valence electrons. The van der Waals surface area contributed by atoms with E-state index in [1.807, 2.05) is 44.2 Å². The maximum Gasteiger partial charge on any atom is 0.242 e. The van der Waals surface area contributed by atoms with Crippen LogP contribution in [0, 0.1) is 0 Å². The van der Waals surface area contributed by atoms with Gasteiger partial charge in [0.25, 0.3) is 0 Å². The van der Waals surface area contributed by atoms with Crippen LogP contribution in [0.4, 0.5) is 0 Å². The fourth-order valence-corrected chi connectivity index (χ4v) is 2.91. The third kappa shape index (κ3) is 4.53. The molecule has 0 aromatic heterocycles. The Morgan fingerprint density at radius 3 is 2.36 bits per heavy atom. The molecule has 1 atom stereocenters. The van der Waals surface area contributed by atoms with Crippen molar-refractivity contribution in [2.75, 3.05) is 39.3 Å². The zero-order valence-corrected chi connectivity index (χ0v) is 13.5. The van der Waals surface area contributed by atoms with Gasteiger partial charge in [-0.05, 0) is 19.4 Å². The van der Waals surface area contributed by atoms with Crippen molar-refractivity contribution in [3.63, 3.8) is 0 Å². The molecule has 1 aliphatic rings. The van der Waals surface area contributed by atoms with Gasteiger partial charge in [0.15, 0.2) is 0 Å². The van der Waals surface area contributed by atoms with Crippen LogP contribution in [-0.4, -0.2) is 66.2 Å². The first-order chi connectivity index (χ1) is 10.6. The van der Waals surface area contributed by atoms with Crippen molar-refractivity contribution >= 4 is 5.91 Å². The highest BCUT2D eigenvalue weighted by atomic mass is 16.3. The molecule has 0 radical (unpaired) electrons. The van der Waals surface area contributed by atoms with Gasteiger partial charge >= 0.3 is 0 Å². The maximum atomic E-state index is 12.7. The standard InChI is InChI=1S/C17H27N3O2/c1-14(2)18-17(22)16(15-6-4-3-5-7-15)20-10-8-19(9-11-20)12-13-21/h3-7,14,16,21H,8-13H2,1-2H3,(H,18,22). The van der Waals surface area contributed by atoms with Crippen LogP contribution in [0.1, 0.15) is 25.5 Å². The summed E-state index contributed by atoms with van der Waals surface area (Å²) in [5.74, 6) is 0.0665. The number of carbonyl (C=O) groups is 1. The number of aliphatic hydroxyl groups is 1. The van der Waals surface area contributed by atoms with Crippen LogP contribution in [0.15, 0.2) is 30.3 Å². The molecule has 1 aromatic carbocycles. The molecule has 1 unspecified atom stereocenters. The lowest BCUT2D eigenvalue weighted by Gasteiger charge is -2.38. The van der Waals surface area contributed by atoms with Gasteiger partial charge in [0, 0.05) is 38.8 Å². The van der Waals surface area contributed by atoms with Gasteiger partial charge in [0.1, 0.15) is 6.04 Å². The van der Waals surface area contributed by atoms with E-state index < -0.39 is 0 Å². The Hall–Kier alpha value is -1.43. The number of hydrogen-bond acceptors (Lipinski definition) is 4. The molecule has 1 saturated heterocycles. The highest BCUT2D eigenvalue weighted by Crippen LogP contribution is 2.22. The van der Waals surface area contributed by atoms with E-state index in [0.29, 0.717) is 6.54 Å². The summed E-state index contributed by atoms with van der Waals surface area (Å²) in [5, 5.41) is 12.1. The van der Waals surface area contributed by atoms with E-state index in [2.05, 4.69) is 15.1 Å². The number of nitrogens with one attached hydrogen (secondary N) is 1. The number of β-amino-alcohol motifs (C(OH)–C–C–N with tert-alkyl or cyclic N) is 1. The van der Waals surface area contributed by atoms with Gasteiger partial charge in [0.05, 0.1) is 6.61 Å². The van der Waals surface area contributed by atoms with Crippen LogP contribution in [-0.2, 0) is 4.79 Å². The van der Waals surface area contributed by atoms with Gasteiger partial charge in [-0.1, -0.05) is 30.3 Å². The third-order valence-corrected chi connectivity index (χ3v) is 3.98. The van der Waals surface area contributed by atoms with E-state index in [1.54, 1.807) is 0 Å². The van der Waals surface area contributed by atoms with Crippen LogP contribution < -0.4 is 5.32 Å². The van der Waals surface area contributed by atoms with Crippen molar-refractivity contribution in [3.8, 4) is 0 Å². The lowest BCUT2D eigenvalue weighted by Crippen LogP contribution is -2.52. The molecule has 0 bridgehead atoms. The third-order valence-electron chi connectivity index (χ3n) is 3.98. The highest BCUT2D eigenvalue weighted by Gasteiger charge is 2.30. The normalized spacial score (nSPS) is 18.4. The Labute approximate surface area is 132 Å². The van der Waals surface area contributed by atoms with Crippen molar-refractivity contribution < 1.29 is 9.90 Å². The monoisotopic (exact) mass is 305 g/mol. The number of benzene rings is 1. The van der Waals surface area contributed by atoms with E-state index in [9.17, 15) is 4.79 Å². The molecular weight excluding hydrogens is 278 g/mol. The molecule has 22 heavy (non-hydrogen) atoms. The van der Waals surface area contributed by atoms with Crippen molar-refractivity contribution in [2.24, 2.45) is 0 Å². The Kier molecular flexibility index (Phi) is 6.36. The summed E-state index contributed by atoms with van der Waals surface area (Å²) in [6, 6.07) is 9.87. The van der Waals surface area contributed by atoms with Crippen molar-refractivity contribution in [3.05, 3.63) is 35.9 Å². The average molecular weight is 305 g/mol. The molecule has 2 N–H and O–H groups in total. The molecule has 5 heteroatoms. The number of nitrogens with zero attached hydrogens (tertiary/aromatic N) is 2. The van der Waals surface area contributed by atoms with E-state index in [0.717, 1.165) is 31.7 Å². The van der Waals surface area contributed by atoms with E-state index in [-0.39, 0.29) is 24.6 Å². The second-order valence-corrected chi connectivity index (χ2v) is 6.08. The minimum absolute atomic E-state index is 0.0665. The number of piperazine rings is 1. The first kappa shape index (κ1) is 16.9. The average Bonchev–Trinajstić information content (AvgIpc) is 2.50. The summed E-state index contributed by atoms with van der Waals surface area (Å²) in [4.78, 5) is 17.1. The zero-order chi connectivity index (χ0) is 15.9. The van der Waals surface area contributed by atoms with Gasteiger partial charge in [-0.15, -0.1) is 0 Å². The van der Waals surface area contributed by atoms with Gasteiger partial charge < -0.3 is 10.4 Å². The molecule has 2 rings (SSSR count).